The summed E-state index contributed by atoms with van der Waals surface area (Å²) in [4.78, 5) is 21.9. The monoisotopic (exact) mass is 292 g/mol. The minimum absolute atomic E-state index is 0.0108. The van der Waals surface area contributed by atoms with Gasteiger partial charge in [0.05, 0.1) is 15.6 Å². The van der Waals surface area contributed by atoms with E-state index in [0.717, 1.165) is 0 Å². The second-order valence-electron chi connectivity index (χ2n) is 3.92. The van der Waals surface area contributed by atoms with Crippen molar-refractivity contribution in [1.29, 1.82) is 0 Å². The quantitative estimate of drug-likeness (QED) is 0.516. The number of nitrogens with one attached hydrogen (secondary N) is 1. The van der Waals surface area contributed by atoms with Crippen LogP contribution >= 0.6 is 11.6 Å². The number of amides is 1. The highest BCUT2D eigenvalue weighted by molar-refractivity contribution is 6.34. The van der Waals surface area contributed by atoms with Gasteiger partial charge in [-0.25, -0.2) is 0 Å². The summed E-state index contributed by atoms with van der Waals surface area (Å²) in [5, 5.41) is 22.5. The van der Waals surface area contributed by atoms with Crippen molar-refractivity contribution < 1.29 is 14.8 Å². The number of phenolic OH excluding ortho intramolecular Hbond substituents is 1. The second-order valence-corrected chi connectivity index (χ2v) is 4.33. The van der Waals surface area contributed by atoms with E-state index in [2.05, 4.69) is 5.32 Å². The number of hydrogen-bond acceptors (Lipinski definition) is 4. The summed E-state index contributed by atoms with van der Waals surface area (Å²) in [6.07, 6.45) is 0. The maximum atomic E-state index is 11.9. The SMILES string of the molecule is O=C(Nc1ccc(O)cc1Cl)c1ccc([N+](=O)[O-])cc1. The van der Waals surface area contributed by atoms with E-state index in [1.54, 1.807) is 0 Å². The molecule has 0 unspecified atom stereocenters. The third kappa shape index (κ3) is 3.04. The van der Waals surface area contributed by atoms with Crippen LogP contribution in [0.25, 0.3) is 0 Å². The second kappa shape index (κ2) is 5.58. The lowest BCUT2D eigenvalue weighted by atomic mass is 10.2. The number of hydrogen-bond donors (Lipinski definition) is 2. The van der Waals surface area contributed by atoms with E-state index in [1.165, 1.54) is 42.5 Å². The first-order valence-corrected chi connectivity index (χ1v) is 5.89. The number of aromatic hydroxyl groups is 1. The maximum Gasteiger partial charge on any atom is 0.269 e. The lowest BCUT2D eigenvalue weighted by molar-refractivity contribution is -0.384. The predicted octanol–water partition coefficient (Wildman–Crippen LogP) is 3.21. The van der Waals surface area contributed by atoms with Crippen LogP contribution in [0, 0.1) is 10.1 Å². The largest absolute Gasteiger partial charge is 0.508 e. The van der Waals surface area contributed by atoms with E-state index in [9.17, 15) is 20.0 Å². The average molecular weight is 293 g/mol. The van der Waals surface area contributed by atoms with Crippen LogP contribution in [0.5, 0.6) is 5.75 Å². The Balaban J connectivity index is 2.17. The summed E-state index contributed by atoms with van der Waals surface area (Å²) < 4.78 is 0. The number of anilines is 1. The van der Waals surface area contributed by atoms with Gasteiger partial charge in [0, 0.05) is 23.8 Å². The first-order valence-electron chi connectivity index (χ1n) is 5.51. The van der Waals surface area contributed by atoms with Crippen molar-refractivity contribution in [1.82, 2.24) is 0 Å². The predicted molar refractivity (Wildman–Crippen MR) is 74.2 cm³/mol. The number of phenols is 1. The fourth-order valence-corrected chi connectivity index (χ4v) is 1.76. The fourth-order valence-electron chi connectivity index (χ4n) is 1.53. The van der Waals surface area contributed by atoms with Crippen molar-refractivity contribution in [2.75, 3.05) is 5.32 Å². The summed E-state index contributed by atoms with van der Waals surface area (Å²) in [5.74, 6) is -0.462. The van der Waals surface area contributed by atoms with Gasteiger partial charge in [-0.3, -0.25) is 14.9 Å². The van der Waals surface area contributed by atoms with Crippen molar-refractivity contribution in [3.8, 4) is 5.75 Å². The number of nitrogens with zero attached hydrogens (tertiary/aromatic N) is 1. The van der Waals surface area contributed by atoms with Gasteiger partial charge < -0.3 is 10.4 Å². The highest BCUT2D eigenvalue weighted by atomic mass is 35.5. The third-order valence-corrected chi connectivity index (χ3v) is 2.85. The smallest absolute Gasteiger partial charge is 0.269 e. The summed E-state index contributed by atoms with van der Waals surface area (Å²) in [6, 6.07) is 9.33. The zero-order valence-electron chi connectivity index (χ0n) is 10.0. The number of nitro groups is 1. The molecule has 0 aliphatic heterocycles. The zero-order valence-corrected chi connectivity index (χ0v) is 10.8. The molecule has 102 valence electrons. The number of non-ortho nitro benzene ring substituents is 1. The molecule has 0 fully saturated rings. The van der Waals surface area contributed by atoms with Crippen LogP contribution < -0.4 is 5.32 Å². The molecule has 2 aromatic rings. The molecular weight excluding hydrogens is 284 g/mol. The number of carbonyl (C=O) groups is 1. The molecule has 0 radical (unpaired) electrons. The highest BCUT2D eigenvalue weighted by Crippen LogP contribution is 2.26. The van der Waals surface area contributed by atoms with Gasteiger partial charge in [0.2, 0.25) is 0 Å². The molecule has 0 aliphatic rings. The first-order chi connectivity index (χ1) is 9.47. The van der Waals surface area contributed by atoms with Crippen molar-refractivity contribution in [3.05, 3.63) is 63.2 Å². The molecule has 0 heterocycles. The Bertz CT molecular complexity index is 671. The highest BCUT2D eigenvalue weighted by Gasteiger charge is 2.11. The van der Waals surface area contributed by atoms with E-state index in [4.69, 9.17) is 11.6 Å². The molecule has 20 heavy (non-hydrogen) atoms. The van der Waals surface area contributed by atoms with E-state index < -0.39 is 10.8 Å². The van der Waals surface area contributed by atoms with Gasteiger partial charge >= 0.3 is 0 Å². The summed E-state index contributed by atoms with van der Waals surface area (Å²) in [7, 11) is 0. The fraction of sp³-hybridized carbons (Fsp3) is 0. The van der Waals surface area contributed by atoms with Crippen LogP contribution in [0.2, 0.25) is 5.02 Å². The van der Waals surface area contributed by atoms with Gasteiger partial charge in [0.1, 0.15) is 5.75 Å². The van der Waals surface area contributed by atoms with Crippen molar-refractivity contribution in [2.45, 2.75) is 0 Å². The molecule has 0 atom stereocenters. The van der Waals surface area contributed by atoms with Crippen molar-refractivity contribution in [3.63, 3.8) is 0 Å². The molecule has 0 saturated carbocycles. The molecule has 0 aromatic heterocycles. The minimum Gasteiger partial charge on any atom is -0.508 e. The van der Waals surface area contributed by atoms with Crippen molar-refractivity contribution >= 4 is 28.9 Å². The van der Waals surface area contributed by atoms with Gasteiger partial charge in [-0.15, -0.1) is 0 Å². The Kier molecular flexibility index (Phi) is 3.86. The van der Waals surface area contributed by atoms with Crippen LogP contribution in [0.4, 0.5) is 11.4 Å². The van der Waals surface area contributed by atoms with Crippen LogP contribution in [-0.2, 0) is 0 Å². The Morgan fingerprint density at radius 2 is 1.85 bits per heavy atom. The normalized spacial score (nSPS) is 10.1. The molecule has 0 bridgehead atoms. The van der Waals surface area contributed by atoms with E-state index in [-0.39, 0.29) is 22.0 Å². The van der Waals surface area contributed by atoms with Gasteiger partial charge in [0.15, 0.2) is 0 Å². The molecule has 2 rings (SSSR count). The topological polar surface area (TPSA) is 92.5 Å². The van der Waals surface area contributed by atoms with Gasteiger partial charge in [-0.1, -0.05) is 11.6 Å². The molecule has 7 heteroatoms. The molecular formula is C13H9ClN2O4. The molecule has 0 saturated heterocycles. The molecule has 2 aromatic carbocycles. The number of nitro benzene ring substituents is 1. The van der Waals surface area contributed by atoms with Gasteiger partial charge in [0.25, 0.3) is 11.6 Å². The van der Waals surface area contributed by atoms with Crippen LogP contribution in [0.1, 0.15) is 10.4 Å². The standard InChI is InChI=1S/C13H9ClN2O4/c14-11-7-10(17)5-6-12(11)15-13(18)8-1-3-9(4-2-8)16(19)20/h1-7,17H,(H,15,18). The Hall–Kier alpha value is -2.60. The molecule has 6 nitrogen and oxygen atoms in total. The van der Waals surface area contributed by atoms with Gasteiger partial charge in [-0.2, -0.15) is 0 Å². The van der Waals surface area contributed by atoms with Crippen LogP contribution in [-0.4, -0.2) is 15.9 Å². The maximum absolute atomic E-state index is 11.9. The van der Waals surface area contributed by atoms with Crippen LogP contribution in [0.3, 0.4) is 0 Å². The zero-order chi connectivity index (χ0) is 14.7. The molecule has 2 N–H and O–H groups in total. The van der Waals surface area contributed by atoms with E-state index in [0.29, 0.717) is 5.69 Å². The Morgan fingerprint density at radius 3 is 2.40 bits per heavy atom. The number of carbonyl (C=O) groups excluding carboxylic acids is 1. The van der Waals surface area contributed by atoms with Crippen molar-refractivity contribution in [2.24, 2.45) is 0 Å². The Morgan fingerprint density at radius 1 is 1.20 bits per heavy atom. The van der Waals surface area contributed by atoms with Crippen LogP contribution in [0.15, 0.2) is 42.5 Å². The molecule has 1 amide bonds. The lowest BCUT2D eigenvalue weighted by Gasteiger charge is -2.07. The number of benzene rings is 2. The summed E-state index contributed by atoms with van der Waals surface area (Å²) >= 11 is 5.86. The summed E-state index contributed by atoms with van der Waals surface area (Å²) in [5.41, 5.74) is 0.511. The van der Waals surface area contributed by atoms with E-state index >= 15 is 0 Å². The minimum atomic E-state index is -0.543. The first kappa shape index (κ1) is 13.8. The number of rotatable bonds is 3. The lowest BCUT2D eigenvalue weighted by Crippen LogP contribution is -2.12. The molecule has 0 spiro atoms. The van der Waals surface area contributed by atoms with E-state index in [1.807, 2.05) is 0 Å². The molecule has 0 aliphatic carbocycles. The average Bonchev–Trinajstić information content (AvgIpc) is 2.42. The van der Waals surface area contributed by atoms with Gasteiger partial charge in [-0.05, 0) is 24.3 Å². The Labute approximate surface area is 118 Å². The summed E-state index contributed by atoms with van der Waals surface area (Å²) in [6.45, 7) is 0. The number of halogens is 1. The third-order valence-electron chi connectivity index (χ3n) is 2.54.